The van der Waals surface area contributed by atoms with Crippen molar-refractivity contribution in [3.8, 4) is 0 Å². The minimum Gasteiger partial charge on any atom is -0.460 e. The molecule has 0 spiro atoms. The SMILES string of the molecule is CC(C)OC(=O)c1ccc(C(=O)OCCC(C)(C)O)o1. The van der Waals surface area contributed by atoms with Crippen LogP contribution in [0, 0.1) is 0 Å². The molecule has 0 saturated heterocycles. The van der Waals surface area contributed by atoms with E-state index in [1.807, 2.05) is 0 Å². The third-order valence-electron chi connectivity index (χ3n) is 2.30. The van der Waals surface area contributed by atoms with E-state index in [0.717, 1.165) is 0 Å². The molecule has 1 aromatic heterocycles. The van der Waals surface area contributed by atoms with Crippen molar-refractivity contribution in [1.82, 2.24) is 0 Å². The molecule has 0 amide bonds. The lowest BCUT2D eigenvalue weighted by molar-refractivity contribution is 0.0217. The number of ether oxygens (including phenoxy) is 2. The minimum absolute atomic E-state index is 0.0480. The second kappa shape index (κ2) is 6.56. The largest absolute Gasteiger partial charge is 0.460 e. The molecule has 6 heteroatoms. The van der Waals surface area contributed by atoms with Crippen LogP contribution in [0.3, 0.4) is 0 Å². The molecule has 1 rings (SSSR count). The summed E-state index contributed by atoms with van der Waals surface area (Å²) < 4.78 is 14.9. The van der Waals surface area contributed by atoms with E-state index in [9.17, 15) is 14.7 Å². The summed E-state index contributed by atoms with van der Waals surface area (Å²) in [4.78, 5) is 23.2. The number of furan rings is 1. The predicted octanol–water partition coefficient (Wildman–Crippen LogP) is 2.16. The van der Waals surface area contributed by atoms with Gasteiger partial charge in [0.2, 0.25) is 11.5 Å². The van der Waals surface area contributed by atoms with E-state index < -0.39 is 17.5 Å². The first-order valence-electron chi connectivity index (χ1n) is 6.39. The lowest BCUT2D eigenvalue weighted by atomic mass is 10.1. The molecule has 6 nitrogen and oxygen atoms in total. The van der Waals surface area contributed by atoms with Crippen LogP contribution in [0.5, 0.6) is 0 Å². The molecular formula is C14H20O6. The molecule has 0 saturated carbocycles. The monoisotopic (exact) mass is 284 g/mol. The molecule has 1 N–H and O–H groups in total. The number of carbonyl (C=O) groups is 2. The van der Waals surface area contributed by atoms with E-state index in [4.69, 9.17) is 13.9 Å². The van der Waals surface area contributed by atoms with Gasteiger partial charge in [-0.15, -0.1) is 0 Å². The molecule has 0 aromatic carbocycles. The van der Waals surface area contributed by atoms with Gasteiger partial charge in [0.1, 0.15) is 0 Å². The zero-order valence-corrected chi connectivity index (χ0v) is 12.1. The molecule has 0 unspecified atom stereocenters. The van der Waals surface area contributed by atoms with Crippen LogP contribution in [0.1, 0.15) is 55.2 Å². The molecule has 0 aliphatic heterocycles. The van der Waals surface area contributed by atoms with E-state index in [2.05, 4.69) is 0 Å². The highest BCUT2D eigenvalue weighted by Gasteiger charge is 2.19. The highest BCUT2D eigenvalue weighted by atomic mass is 16.6. The lowest BCUT2D eigenvalue weighted by Gasteiger charge is -2.15. The first kappa shape index (κ1) is 16.2. The smallest absolute Gasteiger partial charge is 0.374 e. The fraction of sp³-hybridized carbons (Fsp3) is 0.571. The average molecular weight is 284 g/mol. The Morgan fingerprint density at radius 3 is 2.30 bits per heavy atom. The second-order valence-electron chi connectivity index (χ2n) is 5.32. The summed E-state index contributed by atoms with van der Waals surface area (Å²) in [7, 11) is 0. The van der Waals surface area contributed by atoms with Crippen LogP contribution in [-0.2, 0) is 9.47 Å². The van der Waals surface area contributed by atoms with E-state index >= 15 is 0 Å². The Labute approximate surface area is 117 Å². The summed E-state index contributed by atoms with van der Waals surface area (Å²) in [5.74, 6) is -1.43. The van der Waals surface area contributed by atoms with Gasteiger partial charge in [-0.25, -0.2) is 9.59 Å². The molecule has 0 radical (unpaired) electrons. The standard InChI is InChI=1S/C14H20O6/c1-9(2)19-13(16)11-6-5-10(20-11)12(15)18-8-7-14(3,4)17/h5-6,9,17H,7-8H2,1-4H3. The van der Waals surface area contributed by atoms with Crippen LogP contribution in [0.2, 0.25) is 0 Å². The van der Waals surface area contributed by atoms with Crippen LogP contribution in [0.4, 0.5) is 0 Å². The van der Waals surface area contributed by atoms with Crippen molar-refractivity contribution in [1.29, 1.82) is 0 Å². The van der Waals surface area contributed by atoms with Crippen molar-refractivity contribution in [3.05, 3.63) is 23.7 Å². The number of esters is 2. The minimum atomic E-state index is -0.907. The fourth-order valence-corrected chi connectivity index (χ4v) is 1.29. The maximum Gasteiger partial charge on any atom is 0.374 e. The molecule has 0 aliphatic carbocycles. The van der Waals surface area contributed by atoms with Gasteiger partial charge in [-0.3, -0.25) is 0 Å². The molecule has 0 fully saturated rings. The van der Waals surface area contributed by atoms with Crippen LogP contribution < -0.4 is 0 Å². The number of hydrogen-bond donors (Lipinski definition) is 1. The Kier molecular flexibility index (Phi) is 5.33. The van der Waals surface area contributed by atoms with Crippen molar-refractivity contribution < 1.29 is 28.6 Å². The predicted molar refractivity (Wildman–Crippen MR) is 70.5 cm³/mol. The van der Waals surface area contributed by atoms with Gasteiger partial charge < -0.3 is 19.0 Å². The molecule has 112 valence electrons. The quantitative estimate of drug-likeness (QED) is 0.806. The van der Waals surface area contributed by atoms with Gasteiger partial charge in [-0.2, -0.15) is 0 Å². The first-order chi connectivity index (χ1) is 9.19. The first-order valence-corrected chi connectivity index (χ1v) is 6.39. The van der Waals surface area contributed by atoms with Crippen LogP contribution >= 0.6 is 0 Å². The van der Waals surface area contributed by atoms with Gasteiger partial charge in [-0.05, 0) is 39.8 Å². The molecule has 0 bridgehead atoms. The van der Waals surface area contributed by atoms with Crippen molar-refractivity contribution >= 4 is 11.9 Å². The third-order valence-corrected chi connectivity index (χ3v) is 2.30. The average Bonchev–Trinajstić information content (AvgIpc) is 2.75. The van der Waals surface area contributed by atoms with Crippen molar-refractivity contribution in [2.24, 2.45) is 0 Å². The summed E-state index contributed by atoms with van der Waals surface area (Å²) in [6.07, 6.45) is 0.0385. The van der Waals surface area contributed by atoms with Gasteiger partial charge in [0.25, 0.3) is 0 Å². The van der Waals surface area contributed by atoms with Gasteiger partial charge in [-0.1, -0.05) is 0 Å². The fourth-order valence-electron chi connectivity index (χ4n) is 1.29. The van der Waals surface area contributed by atoms with Gasteiger partial charge in [0.05, 0.1) is 18.3 Å². The van der Waals surface area contributed by atoms with E-state index in [0.29, 0.717) is 6.42 Å². The van der Waals surface area contributed by atoms with E-state index in [-0.39, 0.29) is 24.2 Å². The zero-order valence-electron chi connectivity index (χ0n) is 12.1. The number of carbonyl (C=O) groups excluding carboxylic acids is 2. The van der Waals surface area contributed by atoms with Crippen molar-refractivity contribution in [3.63, 3.8) is 0 Å². The number of hydrogen-bond acceptors (Lipinski definition) is 6. The van der Waals surface area contributed by atoms with Gasteiger partial charge in [0, 0.05) is 6.42 Å². The molecule has 1 heterocycles. The highest BCUT2D eigenvalue weighted by Crippen LogP contribution is 2.13. The van der Waals surface area contributed by atoms with Gasteiger partial charge >= 0.3 is 11.9 Å². The zero-order chi connectivity index (χ0) is 15.3. The lowest BCUT2D eigenvalue weighted by Crippen LogP contribution is -2.22. The normalized spacial score (nSPS) is 11.5. The Balaban J connectivity index is 2.54. The van der Waals surface area contributed by atoms with Crippen LogP contribution in [-0.4, -0.2) is 35.4 Å². The summed E-state index contributed by atoms with van der Waals surface area (Å²) in [5, 5.41) is 9.49. The van der Waals surface area contributed by atoms with E-state index in [1.165, 1.54) is 12.1 Å². The van der Waals surface area contributed by atoms with E-state index in [1.54, 1.807) is 27.7 Å². The molecule has 20 heavy (non-hydrogen) atoms. The Bertz CT molecular complexity index is 466. The highest BCUT2D eigenvalue weighted by molar-refractivity contribution is 5.90. The Morgan fingerprint density at radius 2 is 1.80 bits per heavy atom. The van der Waals surface area contributed by atoms with Crippen LogP contribution in [0.15, 0.2) is 16.5 Å². The van der Waals surface area contributed by atoms with Gasteiger partial charge in [0.15, 0.2) is 0 Å². The molecule has 0 atom stereocenters. The van der Waals surface area contributed by atoms with Crippen molar-refractivity contribution in [2.45, 2.75) is 45.8 Å². The molecule has 1 aromatic rings. The Hall–Kier alpha value is -1.82. The summed E-state index contributed by atoms with van der Waals surface area (Å²) in [6, 6.07) is 2.71. The van der Waals surface area contributed by atoms with Crippen molar-refractivity contribution in [2.75, 3.05) is 6.61 Å². The molecular weight excluding hydrogens is 264 g/mol. The Morgan fingerprint density at radius 1 is 1.25 bits per heavy atom. The maximum atomic E-state index is 11.6. The summed E-state index contributed by atoms with van der Waals surface area (Å²) in [6.45, 7) is 6.73. The summed E-state index contributed by atoms with van der Waals surface area (Å²) in [5.41, 5.74) is -0.907. The van der Waals surface area contributed by atoms with Crippen LogP contribution in [0.25, 0.3) is 0 Å². The third kappa shape index (κ3) is 5.44. The second-order valence-corrected chi connectivity index (χ2v) is 5.32. The number of rotatable bonds is 6. The topological polar surface area (TPSA) is 86.0 Å². The maximum absolute atomic E-state index is 11.6. The summed E-state index contributed by atoms with van der Waals surface area (Å²) >= 11 is 0. The number of aliphatic hydroxyl groups is 1. The molecule has 0 aliphatic rings.